The molecule has 0 bridgehead atoms. The van der Waals surface area contributed by atoms with Crippen molar-refractivity contribution >= 4 is 45.9 Å². The average Bonchev–Trinajstić information content (AvgIpc) is 3.44. The standard InChI is InChI=1S/C43H28N2S/c1-2-12-33(13-3-1)45-40-25-24-32(28-39(40)37-17-10-26-44-43(37)45)31-23-22-30-21-20-29-11-4-5-14-34(29)35-15-6-8-18-41(35)46-42-19-9-7-16-36(42)38(30)27-31/h1-28H. The third-order valence-electron chi connectivity index (χ3n) is 8.90. The van der Waals surface area contributed by atoms with Crippen molar-refractivity contribution in [2.75, 3.05) is 0 Å². The molecule has 0 N–H and O–H groups in total. The van der Waals surface area contributed by atoms with Gasteiger partial charge in [0.15, 0.2) is 0 Å². The molecule has 0 fully saturated rings. The van der Waals surface area contributed by atoms with E-state index in [4.69, 9.17) is 4.98 Å². The van der Waals surface area contributed by atoms with Gasteiger partial charge in [-0.3, -0.25) is 4.57 Å². The molecule has 8 aromatic rings. The molecule has 0 saturated heterocycles. The van der Waals surface area contributed by atoms with Crippen LogP contribution < -0.4 is 0 Å². The van der Waals surface area contributed by atoms with Gasteiger partial charge in [0.2, 0.25) is 0 Å². The smallest absolute Gasteiger partial charge is 0.145 e. The summed E-state index contributed by atoms with van der Waals surface area (Å²) in [5.41, 5.74) is 13.0. The molecule has 0 aliphatic carbocycles. The van der Waals surface area contributed by atoms with E-state index < -0.39 is 0 Å². The Hall–Kier alpha value is -5.64. The molecule has 3 heterocycles. The van der Waals surface area contributed by atoms with Gasteiger partial charge in [0, 0.05) is 32.4 Å². The van der Waals surface area contributed by atoms with Gasteiger partial charge >= 0.3 is 0 Å². The van der Waals surface area contributed by atoms with Crippen molar-refractivity contribution in [2.45, 2.75) is 9.79 Å². The van der Waals surface area contributed by atoms with Crippen molar-refractivity contribution < 1.29 is 0 Å². The van der Waals surface area contributed by atoms with Crippen LogP contribution in [0.2, 0.25) is 0 Å². The zero-order chi connectivity index (χ0) is 30.5. The predicted octanol–water partition coefficient (Wildman–Crippen LogP) is 11.8. The Kier molecular flexibility index (Phi) is 6.43. The monoisotopic (exact) mass is 604 g/mol. The van der Waals surface area contributed by atoms with Crippen LogP contribution in [-0.4, -0.2) is 9.55 Å². The zero-order valence-corrected chi connectivity index (χ0v) is 25.8. The first-order chi connectivity index (χ1) is 22.8. The summed E-state index contributed by atoms with van der Waals surface area (Å²) in [5, 5.41) is 2.35. The topological polar surface area (TPSA) is 17.8 Å². The number of nitrogens with zero attached hydrogens (tertiary/aromatic N) is 2. The van der Waals surface area contributed by atoms with Crippen LogP contribution in [0.15, 0.2) is 168 Å². The van der Waals surface area contributed by atoms with Gasteiger partial charge in [-0.15, -0.1) is 0 Å². The number of para-hydroxylation sites is 1. The third-order valence-corrected chi connectivity index (χ3v) is 10.1. The Labute approximate surface area is 272 Å². The van der Waals surface area contributed by atoms with Gasteiger partial charge in [0.05, 0.1) is 5.52 Å². The molecule has 0 spiro atoms. The summed E-state index contributed by atoms with van der Waals surface area (Å²) in [6.07, 6.45) is 6.42. The summed E-state index contributed by atoms with van der Waals surface area (Å²) in [7, 11) is 0. The molecule has 0 atom stereocenters. The van der Waals surface area contributed by atoms with Gasteiger partial charge < -0.3 is 0 Å². The Bertz CT molecular complexity index is 2450. The van der Waals surface area contributed by atoms with E-state index in [0.717, 1.165) is 22.2 Å². The van der Waals surface area contributed by atoms with Crippen molar-refractivity contribution in [3.8, 4) is 39.1 Å². The molecule has 0 radical (unpaired) electrons. The second-order valence-electron chi connectivity index (χ2n) is 11.6. The molecule has 0 saturated carbocycles. The van der Waals surface area contributed by atoms with Crippen LogP contribution in [0.4, 0.5) is 0 Å². The fourth-order valence-electron chi connectivity index (χ4n) is 6.72. The third kappa shape index (κ3) is 4.48. The average molecular weight is 605 g/mol. The lowest BCUT2D eigenvalue weighted by Crippen LogP contribution is -1.94. The summed E-state index contributed by atoms with van der Waals surface area (Å²) in [6, 6.07) is 54.7. The van der Waals surface area contributed by atoms with Gasteiger partial charge in [0.1, 0.15) is 5.65 Å². The highest BCUT2D eigenvalue weighted by Gasteiger charge is 2.17. The molecule has 6 aromatic carbocycles. The summed E-state index contributed by atoms with van der Waals surface area (Å²) in [4.78, 5) is 7.31. The lowest BCUT2D eigenvalue weighted by atomic mass is 9.93. The SMILES string of the molecule is C1=Cc2ccc(-c3ccc4c(c3)c3cccnc3n4-c3ccccc3)cc2-c2ccccc2Sc2ccccc2-c2ccccc21. The van der Waals surface area contributed by atoms with E-state index in [0.29, 0.717) is 0 Å². The van der Waals surface area contributed by atoms with Gasteiger partial charge in [-0.25, -0.2) is 4.98 Å². The molecule has 0 unspecified atom stereocenters. The number of aromatic nitrogens is 2. The van der Waals surface area contributed by atoms with Crippen LogP contribution in [-0.2, 0) is 0 Å². The van der Waals surface area contributed by atoms with E-state index in [9.17, 15) is 0 Å². The predicted molar refractivity (Wildman–Crippen MR) is 194 cm³/mol. The maximum absolute atomic E-state index is 4.81. The molecule has 3 heteroatoms. The first-order valence-electron chi connectivity index (χ1n) is 15.5. The minimum absolute atomic E-state index is 0.971. The maximum atomic E-state index is 4.81. The maximum Gasteiger partial charge on any atom is 0.145 e. The summed E-state index contributed by atoms with van der Waals surface area (Å²) in [5.74, 6) is 0. The van der Waals surface area contributed by atoms with Crippen LogP contribution in [0.1, 0.15) is 11.1 Å². The van der Waals surface area contributed by atoms with Crippen LogP contribution in [0, 0.1) is 0 Å². The number of benzene rings is 6. The highest BCUT2D eigenvalue weighted by Crippen LogP contribution is 2.44. The molecule has 0 amide bonds. The first-order valence-corrected chi connectivity index (χ1v) is 16.4. The minimum atomic E-state index is 0.971. The number of pyridine rings is 1. The van der Waals surface area contributed by atoms with Gasteiger partial charge in [0.25, 0.3) is 0 Å². The van der Waals surface area contributed by atoms with Crippen LogP contribution in [0.3, 0.4) is 0 Å². The summed E-state index contributed by atoms with van der Waals surface area (Å²) < 4.78 is 2.26. The second kappa shape index (κ2) is 11.1. The van der Waals surface area contributed by atoms with E-state index in [1.54, 1.807) is 0 Å². The van der Waals surface area contributed by atoms with E-state index in [1.807, 2.05) is 24.0 Å². The Morgan fingerprint density at radius 3 is 1.89 bits per heavy atom. The molecule has 216 valence electrons. The van der Waals surface area contributed by atoms with Crippen LogP contribution >= 0.6 is 11.8 Å². The van der Waals surface area contributed by atoms with Gasteiger partial charge in [-0.05, 0) is 99.1 Å². The number of fused-ring (bicyclic) bond motifs is 9. The number of hydrogen-bond donors (Lipinski definition) is 0. The van der Waals surface area contributed by atoms with Gasteiger partial charge in [-0.1, -0.05) is 121 Å². The van der Waals surface area contributed by atoms with E-state index >= 15 is 0 Å². The van der Waals surface area contributed by atoms with Crippen molar-refractivity contribution in [3.05, 3.63) is 169 Å². The molecule has 9 rings (SSSR count). The molecular weight excluding hydrogens is 577 g/mol. The Balaban J connectivity index is 1.24. The fourth-order valence-corrected chi connectivity index (χ4v) is 7.83. The quantitative estimate of drug-likeness (QED) is 0.195. The number of hydrogen-bond acceptors (Lipinski definition) is 2. The Morgan fingerprint density at radius 1 is 0.457 bits per heavy atom. The van der Waals surface area contributed by atoms with Gasteiger partial charge in [-0.2, -0.15) is 0 Å². The lowest BCUT2D eigenvalue weighted by molar-refractivity contribution is 1.14. The van der Waals surface area contributed by atoms with Crippen molar-refractivity contribution in [1.82, 2.24) is 9.55 Å². The van der Waals surface area contributed by atoms with Crippen molar-refractivity contribution in [1.29, 1.82) is 0 Å². The molecule has 2 aromatic heterocycles. The summed E-state index contributed by atoms with van der Waals surface area (Å²) in [6.45, 7) is 0. The van der Waals surface area contributed by atoms with E-state index in [1.165, 1.54) is 59.7 Å². The molecule has 46 heavy (non-hydrogen) atoms. The van der Waals surface area contributed by atoms with Crippen molar-refractivity contribution in [2.24, 2.45) is 0 Å². The van der Waals surface area contributed by atoms with E-state index in [-0.39, 0.29) is 0 Å². The molecule has 1 aliphatic rings. The lowest BCUT2D eigenvalue weighted by Gasteiger charge is -2.15. The molecule has 2 nitrogen and oxygen atoms in total. The molecule has 1 aliphatic heterocycles. The van der Waals surface area contributed by atoms with E-state index in [2.05, 4.69) is 162 Å². The van der Waals surface area contributed by atoms with Crippen LogP contribution in [0.5, 0.6) is 0 Å². The van der Waals surface area contributed by atoms with Crippen LogP contribution in [0.25, 0.3) is 73.2 Å². The fraction of sp³-hybridized carbons (Fsp3) is 0. The highest BCUT2D eigenvalue weighted by atomic mass is 32.2. The minimum Gasteiger partial charge on any atom is -0.294 e. The normalized spacial score (nSPS) is 12.2. The highest BCUT2D eigenvalue weighted by molar-refractivity contribution is 7.99. The largest absolute Gasteiger partial charge is 0.294 e. The number of rotatable bonds is 2. The second-order valence-corrected chi connectivity index (χ2v) is 12.7. The Morgan fingerprint density at radius 2 is 1.09 bits per heavy atom. The first kappa shape index (κ1) is 26.7. The van der Waals surface area contributed by atoms with Crippen molar-refractivity contribution in [3.63, 3.8) is 0 Å². The zero-order valence-electron chi connectivity index (χ0n) is 25.0. The summed E-state index contributed by atoms with van der Waals surface area (Å²) >= 11 is 1.84. The molecular formula is C43H28N2S.